The van der Waals surface area contributed by atoms with Crippen LogP contribution in [0.3, 0.4) is 0 Å². The number of piperidine rings is 1. The molecule has 12 nitrogen and oxygen atoms in total. The van der Waals surface area contributed by atoms with Gasteiger partial charge in [0.15, 0.2) is 0 Å². The van der Waals surface area contributed by atoms with Gasteiger partial charge >= 0.3 is 0 Å². The van der Waals surface area contributed by atoms with Crippen LogP contribution in [0.4, 0.5) is 4.39 Å². The number of ether oxygens (including phenoxy) is 2. The van der Waals surface area contributed by atoms with Crippen LogP contribution in [-0.4, -0.2) is 95.1 Å². The molecule has 13 heteroatoms. The van der Waals surface area contributed by atoms with Gasteiger partial charge in [-0.25, -0.2) is 4.39 Å². The first-order valence-electron chi connectivity index (χ1n) is 16.9. The molecular weight excluding hydrogens is 629 g/mol. The molecule has 3 heterocycles. The second-order valence-electron chi connectivity index (χ2n) is 13.7. The van der Waals surface area contributed by atoms with E-state index in [-0.39, 0.29) is 30.4 Å². The van der Waals surface area contributed by atoms with Gasteiger partial charge in [0.25, 0.3) is 5.91 Å². The first-order chi connectivity index (χ1) is 23.4. The largest absolute Gasteiger partial charge is 0.496 e. The molecule has 2 unspecified atom stereocenters. The second kappa shape index (κ2) is 16.0. The zero-order valence-electron chi connectivity index (χ0n) is 28.9. The number of aliphatic hydroxyl groups excluding tert-OH is 1. The smallest absolute Gasteiger partial charge is 0.251 e. The standard InChI is InChI=1S/C36H48FN7O5/c1-22-18-23(14-17-38-22)32-26-19-24(10-12-29(26)42-43-32)33(45)41-25-11-13-30(34(46)39-15-7-16-40-35(47)49-36(2,3)4)44(20-25)21-27-28(37)8-6-9-31(27)48-5/h6,8-10,12,14,17,19,22,25,30,35,40,47H,7,11,13,15-16,18,20-21H2,1-5H3,(H,39,46)(H,41,45)(H,42,43)/t22?,25-,30+,35?/m1/s1. The predicted molar refractivity (Wildman–Crippen MR) is 187 cm³/mol. The number of hydrogen-bond donors (Lipinski definition) is 5. The van der Waals surface area contributed by atoms with Crippen molar-refractivity contribution in [2.45, 2.75) is 90.1 Å². The van der Waals surface area contributed by atoms with Gasteiger partial charge in [-0.05, 0) is 95.4 Å². The van der Waals surface area contributed by atoms with Crippen molar-refractivity contribution in [3.63, 3.8) is 0 Å². The third kappa shape index (κ3) is 9.50. The average Bonchev–Trinajstić information content (AvgIpc) is 3.48. The summed E-state index contributed by atoms with van der Waals surface area (Å²) in [5.41, 5.74) is 3.06. The van der Waals surface area contributed by atoms with Gasteiger partial charge in [0, 0.05) is 54.9 Å². The Hall–Kier alpha value is -4.17. The van der Waals surface area contributed by atoms with E-state index in [0.29, 0.717) is 55.8 Å². The molecule has 0 radical (unpaired) electrons. The molecular formula is C36H48FN7O5. The van der Waals surface area contributed by atoms with Gasteiger partial charge in [0.05, 0.1) is 36.0 Å². The van der Waals surface area contributed by atoms with Crippen molar-refractivity contribution >= 4 is 34.5 Å². The number of aliphatic hydroxyl groups is 1. The van der Waals surface area contributed by atoms with Crippen molar-refractivity contribution in [1.82, 2.24) is 31.0 Å². The van der Waals surface area contributed by atoms with Crippen molar-refractivity contribution < 1.29 is 28.6 Å². The molecule has 5 N–H and O–H groups in total. The van der Waals surface area contributed by atoms with E-state index in [4.69, 9.17) is 9.47 Å². The summed E-state index contributed by atoms with van der Waals surface area (Å²) in [4.78, 5) is 33.4. The summed E-state index contributed by atoms with van der Waals surface area (Å²) in [6.07, 6.45) is 5.00. The Kier molecular flexibility index (Phi) is 11.8. The first kappa shape index (κ1) is 36.1. The summed E-state index contributed by atoms with van der Waals surface area (Å²) in [7, 11) is 1.49. The number of aliphatic imine (C=N–C) groups is 1. The molecule has 0 saturated carbocycles. The van der Waals surface area contributed by atoms with Crippen LogP contribution in [0.5, 0.6) is 5.75 Å². The van der Waals surface area contributed by atoms with Gasteiger partial charge in [0.2, 0.25) is 12.3 Å². The Morgan fingerprint density at radius 1 is 1.18 bits per heavy atom. The molecule has 3 aromatic rings. The molecule has 264 valence electrons. The number of methoxy groups -OCH3 is 1. The molecule has 2 aromatic carbocycles. The Labute approximate surface area is 286 Å². The second-order valence-corrected chi connectivity index (χ2v) is 13.7. The summed E-state index contributed by atoms with van der Waals surface area (Å²) in [6, 6.07) is 9.46. The number of hydrogen-bond acceptors (Lipinski definition) is 9. The number of rotatable bonds is 13. The lowest BCUT2D eigenvalue weighted by atomic mass is 9.95. The van der Waals surface area contributed by atoms with Crippen LogP contribution in [0.2, 0.25) is 0 Å². The summed E-state index contributed by atoms with van der Waals surface area (Å²) in [5, 5.41) is 27.5. The molecule has 2 aliphatic rings. The maximum atomic E-state index is 15.1. The summed E-state index contributed by atoms with van der Waals surface area (Å²) < 4.78 is 26.0. The van der Waals surface area contributed by atoms with Gasteiger partial charge in [-0.15, -0.1) is 0 Å². The number of amides is 2. The quantitative estimate of drug-likeness (QED) is 0.135. The molecule has 4 atom stereocenters. The number of dihydropyridines is 1. The zero-order chi connectivity index (χ0) is 35.1. The Balaban J connectivity index is 1.25. The molecule has 0 spiro atoms. The lowest BCUT2D eigenvalue weighted by Gasteiger charge is -2.39. The van der Waals surface area contributed by atoms with Gasteiger partial charge in [-0.3, -0.25) is 29.9 Å². The molecule has 1 aromatic heterocycles. The van der Waals surface area contributed by atoms with E-state index in [2.05, 4.69) is 38.1 Å². The van der Waals surface area contributed by atoms with Crippen LogP contribution in [0, 0.1) is 5.82 Å². The monoisotopic (exact) mass is 677 g/mol. The van der Waals surface area contributed by atoms with E-state index in [1.54, 1.807) is 24.4 Å². The van der Waals surface area contributed by atoms with E-state index >= 15 is 4.39 Å². The van der Waals surface area contributed by atoms with E-state index in [1.165, 1.54) is 13.2 Å². The Morgan fingerprint density at radius 2 is 2.00 bits per heavy atom. The number of benzene rings is 2. The number of likely N-dealkylation sites (tertiary alicyclic amines) is 1. The number of carbonyl (C=O) groups excluding carboxylic acids is 2. The van der Waals surface area contributed by atoms with Gasteiger partial charge in [0.1, 0.15) is 11.6 Å². The summed E-state index contributed by atoms with van der Waals surface area (Å²) in [5.74, 6) is -0.445. The molecule has 0 aliphatic carbocycles. The number of nitrogens with one attached hydrogen (secondary N) is 4. The van der Waals surface area contributed by atoms with E-state index in [9.17, 15) is 14.7 Å². The minimum atomic E-state index is -1.11. The maximum absolute atomic E-state index is 15.1. The highest BCUT2D eigenvalue weighted by molar-refractivity contribution is 6.01. The summed E-state index contributed by atoms with van der Waals surface area (Å²) in [6.45, 7) is 8.87. The fourth-order valence-electron chi connectivity index (χ4n) is 6.30. The number of aromatic amines is 1. The van der Waals surface area contributed by atoms with E-state index in [1.807, 2.05) is 43.9 Å². The molecule has 1 saturated heterocycles. The average molecular weight is 678 g/mol. The normalized spacial score (nSPS) is 20.6. The molecule has 2 amide bonds. The van der Waals surface area contributed by atoms with E-state index < -0.39 is 23.9 Å². The minimum absolute atomic E-state index is 0.124. The van der Waals surface area contributed by atoms with Crippen molar-refractivity contribution in [3.05, 3.63) is 65.1 Å². The first-order valence-corrected chi connectivity index (χ1v) is 16.9. The predicted octanol–water partition coefficient (Wildman–Crippen LogP) is 3.91. The minimum Gasteiger partial charge on any atom is -0.496 e. The maximum Gasteiger partial charge on any atom is 0.251 e. The number of carbonyl (C=O) groups is 2. The molecule has 5 rings (SSSR count). The van der Waals surface area contributed by atoms with Crippen LogP contribution in [0.15, 0.2) is 47.5 Å². The van der Waals surface area contributed by atoms with Crippen molar-refractivity contribution in [3.8, 4) is 5.75 Å². The van der Waals surface area contributed by atoms with Crippen molar-refractivity contribution in [1.29, 1.82) is 0 Å². The third-order valence-corrected chi connectivity index (χ3v) is 8.68. The fraction of sp³-hybridized carbons (Fsp3) is 0.500. The Morgan fingerprint density at radius 3 is 2.76 bits per heavy atom. The zero-order valence-corrected chi connectivity index (χ0v) is 28.9. The molecule has 0 bridgehead atoms. The number of H-pyrrole nitrogens is 1. The molecule has 49 heavy (non-hydrogen) atoms. The highest BCUT2D eigenvalue weighted by Gasteiger charge is 2.35. The number of fused-ring (bicyclic) bond motifs is 1. The Bertz CT molecular complexity index is 1680. The number of halogens is 1. The number of aromatic nitrogens is 2. The highest BCUT2D eigenvalue weighted by Crippen LogP contribution is 2.30. The summed E-state index contributed by atoms with van der Waals surface area (Å²) >= 11 is 0. The van der Waals surface area contributed by atoms with Crippen LogP contribution in [0.25, 0.3) is 16.5 Å². The SMILES string of the molecule is COc1cccc(F)c1CN1C[C@H](NC(=O)c2ccc3[nH]nc(C4=CC=NC(C)C4)c3c2)CC[C@H]1C(=O)NCCCNC(O)OC(C)(C)C. The van der Waals surface area contributed by atoms with Crippen LogP contribution in [-0.2, 0) is 16.1 Å². The third-order valence-electron chi connectivity index (χ3n) is 8.68. The van der Waals surface area contributed by atoms with Crippen molar-refractivity contribution in [2.24, 2.45) is 4.99 Å². The fourth-order valence-corrected chi connectivity index (χ4v) is 6.30. The highest BCUT2D eigenvalue weighted by atomic mass is 19.1. The lowest BCUT2D eigenvalue weighted by Crippen LogP contribution is -2.56. The number of nitrogens with zero attached hydrogens (tertiary/aromatic N) is 3. The lowest BCUT2D eigenvalue weighted by molar-refractivity contribution is -0.181. The van der Waals surface area contributed by atoms with Crippen LogP contribution < -0.4 is 20.7 Å². The van der Waals surface area contributed by atoms with Crippen molar-refractivity contribution in [2.75, 3.05) is 26.7 Å². The van der Waals surface area contributed by atoms with Crippen LogP contribution in [0.1, 0.15) is 75.0 Å². The van der Waals surface area contributed by atoms with E-state index in [0.717, 1.165) is 28.6 Å². The molecule has 1 fully saturated rings. The topological polar surface area (TPSA) is 153 Å². The van der Waals surface area contributed by atoms with Gasteiger partial charge in [-0.2, -0.15) is 5.10 Å². The molecule has 2 aliphatic heterocycles. The van der Waals surface area contributed by atoms with Gasteiger partial charge < -0.3 is 25.2 Å². The number of allylic oxidation sites excluding steroid dienone is 1. The van der Waals surface area contributed by atoms with Gasteiger partial charge in [-0.1, -0.05) is 6.07 Å². The van der Waals surface area contributed by atoms with Crippen LogP contribution >= 0.6 is 0 Å².